The molecule has 0 nitrogen and oxygen atoms in total. The summed E-state index contributed by atoms with van der Waals surface area (Å²) in [6, 6.07) is 32.7. The first-order valence-corrected chi connectivity index (χ1v) is 18.0. The number of hydrogen-bond donors (Lipinski definition) is 0. The van der Waals surface area contributed by atoms with Gasteiger partial charge in [0.05, 0.1) is 0 Å². The van der Waals surface area contributed by atoms with Gasteiger partial charge in [-0.3, -0.25) is 0 Å². The van der Waals surface area contributed by atoms with Crippen molar-refractivity contribution in [2.45, 2.75) is 116 Å². The van der Waals surface area contributed by atoms with Gasteiger partial charge in [0.15, 0.2) is 0 Å². The molecule has 0 aromatic heterocycles. The molecule has 0 saturated carbocycles. The van der Waals surface area contributed by atoms with Gasteiger partial charge in [0.1, 0.15) is 0 Å². The highest BCUT2D eigenvalue weighted by Gasteiger charge is 2.42. The molecule has 0 unspecified atom stereocenters. The molecule has 0 aliphatic heterocycles. The SMILES string of the molecule is CCCCCCCCC1(CCCCCCCC)c2cc(-c3ccc(C)cc3)ccc2-c2ccc(-c3ccc(Br)cc3)cc21. The van der Waals surface area contributed by atoms with Crippen molar-refractivity contribution in [3.8, 4) is 33.4 Å². The van der Waals surface area contributed by atoms with Crippen LogP contribution in [0.3, 0.4) is 0 Å². The smallest absolute Gasteiger partial charge is 0.0215 e. The number of aryl methyl sites for hydroxylation is 1. The van der Waals surface area contributed by atoms with Crippen LogP contribution in [0, 0.1) is 6.92 Å². The Labute approximate surface area is 270 Å². The minimum absolute atomic E-state index is 0.0757. The Morgan fingerprint density at radius 1 is 0.465 bits per heavy atom. The zero-order valence-corrected chi connectivity index (χ0v) is 28.4. The summed E-state index contributed by atoms with van der Waals surface area (Å²) in [7, 11) is 0. The molecule has 0 saturated heterocycles. The van der Waals surface area contributed by atoms with Gasteiger partial charge >= 0.3 is 0 Å². The molecule has 0 N–H and O–H groups in total. The normalized spacial score (nSPS) is 13.2. The number of halogens is 1. The van der Waals surface area contributed by atoms with Gasteiger partial charge < -0.3 is 0 Å². The lowest BCUT2D eigenvalue weighted by molar-refractivity contribution is 0.398. The van der Waals surface area contributed by atoms with Crippen LogP contribution in [-0.2, 0) is 5.41 Å². The van der Waals surface area contributed by atoms with E-state index < -0.39 is 0 Å². The second-order valence-corrected chi connectivity index (χ2v) is 13.9. The van der Waals surface area contributed by atoms with Crippen molar-refractivity contribution in [3.63, 3.8) is 0 Å². The highest BCUT2D eigenvalue weighted by Crippen LogP contribution is 2.55. The predicted molar refractivity (Wildman–Crippen MR) is 192 cm³/mol. The lowest BCUT2D eigenvalue weighted by Gasteiger charge is -2.33. The Balaban J connectivity index is 1.56. The molecule has 0 atom stereocenters. The largest absolute Gasteiger partial charge is 0.0654 e. The maximum absolute atomic E-state index is 3.64. The van der Waals surface area contributed by atoms with E-state index in [4.69, 9.17) is 0 Å². The average molecular weight is 636 g/mol. The van der Waals surface area contributed by atoms with E-state index in [1.807, 2.05) is 0 Å². The van der Waals surface area contributed by atoms with Gasteiger partial charge in [-0.25, -0.2) is 0 Å². The summed E-state index contributed by atoms with van der Waals surface area (Å²) in [4.78, 5) is 0. The van der Waals surface area contributed by atoms with Crippen LogP contribution in [0.5, 0.6) is 0 Å². The predicted octanol–water partition coefficient (Wildman–Crippen LogP) is 13.9. The standard InChI is InChI=1S/C42H51Br/c1-4-6-8-10-12-14-28-42(29-15-13-11-9-7-5-2)40-30-35(33-18-16-32(3)17-19-33)22-26-38(40)39-27-23-36(31-41(39)42)34-20-24-37(43)25-21-34/h16-27,30-31H,4-15,28-29H2,1-3H3. The molecule has 1 aliphatic carbocycles. The van der Waals surface area contributed by atoms with Crippen LogP contribution in [0.1, 0.15) is 120 Å². The van der Waals surface area contributed by atoms with Crippen molar-refractivity contribution in [1.82, 2.24) is 0 Å². The number of hydrogen-bond acceptors (Lipinski definition) is 0. The van der Waals surface area contributed by atoms with Crippen LogP contribution in [0.25, 0.3) is 33.4 Å². The highest BCUT2D eigenvalue weighted by molar-refractivity contribution is 9.10. The molecule has 4 aromatic carbocycles. The second-order valence-electron chi connectivity index (χ2n) is 13.0. The maximum Gasteiger partial charge on any atom is 0.0215 e. The third-order valence-corrected chi connectivity index (χ3v) is 10.4. The first-order valence-electron chi connectivity index (χ1n) is 17.2. The van der Waals surface area contributed by atoms with Crippen LogP contribution in [-0.4, -0.2) is 0 Å². The van der Waals surface area contributed by atoms with E-state index in [1.54, 1.807) is 11.1 Å². The fourth-order valence-electron chi connectivity index (χ4n) is 7.32. The summed E-state index contributed by atoms with van der Waals surface area (Å²) in [6.07, 6.45) is 18.6. The molecule has 1 aliphatic rings. The Kier molecular flexibility index (Phi) is 11.4. The molecule has 0 amide bonds. The summed E-state index contributed by atoms with van der Waals surface area (Å²) in [5, 5.41) is 0. The topological polar surface area (TPSA) is 0 Å². The average Bonchev–Trinajstić information content (AvgIpc) is 3.29. The van der Waals surface area contributed by atoms with E-state index in [1.165, 1.54) is 129 Å². The number of rotatable bonds is 16. The lowest BCUT2D eigenvalue weighted by atomic mass is 9.70. The Morgan fingerprint density at radius 2 is 0.860 bits per heavy atom. The molecule has 4 aromatic rings. The third kappa shape index (κ3) is 7.54. The van der Waals surface area contributed by atoms with Crippen LogP contribution < -0.4 is 0 Å². The van der Waals surface area contributed by atoms with Crippen molar-refractivity contribution < 1.29 is 0 Å². The van der Waals surface area contributed by atoms with Crippen molar-refractivity contribution in [3.05, 3.63) is 106 Å². The molecular formula is C42H51Br. The number of unbranched alkanes of at least 4 members (excludes halogenated alkanes) is 10. The van der Waals surface area contributed by atoms with Crippen molar-refractivity contribution in [2.24, 2.45) is 0 Å². The van der Waals surface area contributed by atoms with Gasteiger partial charge in [-0.15, -0.1) is 0 Å². The zero-order valence-electron chi connectivity index (χ0n) is 26.9. The fraction of sp³-hybridized carbons (Fsp3) is 0.429. The maximum atomic E-state index is 3.64. The summed E-state index contributed by atoms with van der Waals surface area (Å²) < 4.78 is 1.13. The van der Waals surface area contributed by atoms with Crippen LogP contribution in [0.15, 0.2) is 89.4 Å². The van der Waals surface area contributed by atoms with Crippen LogP contribution in [0.4, 0.5) is 0 Å². The van der Waals surface area contributed by atoms with Gasteiger partial charge in [-0.05, 0) is 88.5 Å². The van der Waals surface area contributed by atoms with Gasteiger partial charge in [0.2, 0.25) is 0 Å². The van der Waals surface area contributed by atoms with Crippen molar-refractivity contribution in [2.75, 3.05) is 0 Å². The summed E-state index contributed by atoms with van der Waals surface area (Å²) >= 11 is 3.64. The molecule has 0 bridgehead atoms. The summed E-state index contributed by atoms with van der Waals surface area (Å²) in [5.74, 6) is 0. The van der Waals surface area contributed by atoms with Gasteiger partial charge in [-0.1, -0.05) is 173 Å². The molecule has 0 radical (unpaired) electrons. The highest BCUT2D eigenvalue weighted by atomic mass is 79.9. The van der Waals surface area contributed by atoms with Gasteiger partial charge in [0.25, 0.3) is 0 Å². The quantitative estimate of drug-likeness (QED) is 0.107. The Hall–Kier alpha value is -2.64. The zero-order chi connectivity index (χ0) is 30.1. The summed E-state index contributed by atoms with van der Waals surface area (Å²) in [5.41, 5.74) is 12.8. The minimum atomic E-state index is 0.0757. The molecule has 43 heavy (non-hydrogen) atoms. The Morgan fingerprint density at radius 3 is 1.33 bits per heavy atom. The van der Waals surface area contributed by atoms with Crippen LogP contribution >= 0.6 is 15.9 Å². The third-order valence-electron chi connectivity index (χ3n) is 9.84. The van der Waals surface area contributed by atoms with Crippen molar-refractivity contribution in [1.29, 1.82) is 0 Å². The molecular weight excluding hydrogens is 584 g/mol. The monoisotopic (exact) mass is 634 g/mol. The number of fused-ring (bicyclic) bond motifs is 3. The molecule has 1 heteroatoms. The van der Waals surface area contributed by atoms with E-state index >= 15 is 0 Å². The van der Waals surface area contributed by atoms with Gasteiger partial charge in [0, 0.05) is 9.89 Å². The molecule has 0 heterocycles. The Bertz CT molecular complexity index is 1330. The molecule has 0 spiro atoms. The molecule has 226 valence electrons. The molecule has 0 fully saturated rings. The summed E-state index contributed by atoms with van der Waals surface area (Å²) in [6.45, 7) is 6.81. The second kappa shape index (κ2) is 15.4. The fourth-order valence-corrected chi connectivity index (χ4v) is 7.58. The first kappa shape index (κ1) is 31.8. The molecule has 5 rings (SSSR count). The van der Waals surface area contributed by atoms with E-state index in [2.05, 4.69) is 122 Å². The lowest BCUT2D eigenvalue weighted by Crippen LogP contribution is -2.25. The van der Waals surface area contributed by atoms with Crippen LogP contribution in [0.2, 0.25) is 0 Å². The van der Waals surface area contributed by atoms with E-state index in [9.17, 15) is 0 Å². The van der Waals surface area contributed by atoms with Crippen molar-refractivity contribution >= 4 is 15.9 Å². The van der Waals surface area contributed by atoms with E-state index in [0.29, 0.717) is 0 Å². The van der Waals surface area contributed by atoms with E-state index in [-0.39, 0.29) is 5.41 Å². The first-order chi connectivity index (χ1) is 21.1. The number of benzene rings is 4. The van der Waals surface area contributed by atoms with Gasteiger partial charge in [-0.2, -0.15) is 0 Å². The minimum Gasteiger partial charge on any atom is -0.0654 e. The van der Waals surface area contributed by atoms with E-state index in [0.717, 1.165) is 4.47 Å².